The van der Waals surface area contributed by atoms with E-state index in [0.29, 0.717) is 0 Å². The third-order valence-corrected chi connectivity index (χ3v) is 2.70. The van der Waals surface area contributed by atoms with Gasteiger partial charge in [-0.05, 0) is 37.9 Å². The molecule has 1 aromatic heterocycles. The first-order valence-corrected chi connectivity index (χ1v) is 6.16. The van der Waals surface area contributed by atoms with Gasteiger partial charge in [0, 0.05) is 31.0 Å². The van der Waals surface area contributed by atoms with Crippen molar-refractivity contribution in [1.82, 2.24) is 10.3 Å². The lowest BCUT2D eigenvalue weighted by atomic mass is 10.3. The van der Waals surface area contributed by atoms with Crippen LogP contribution in [0.1, 0.15) is 25.0 Å². The van der Waals surface area contributed by atoms with Gasteiger partial charge in [0.2, 0.25) is 0 Å². The summed E-state index contributed by atoms with van der Waals surface area (Å²) in [6, 6.07) is 6.81. The normalized spacial score (nSPS) is 15.2. The van der Waals surface area contributed by atoms with E-state index in [1.54, 1.807) is 0 Å². The SMILES string of the molecule is c1ccc(CCOCCCNC2CC2)nc1. The molecule has 3 heteroatoms. The van der Waals surface area contributed by atoms with Crippen LogP contribution in [0.25, 0.3) is 0 Å². The lowest BCUT2D eigenvalue weighted by Crippen LogP contribution is -2.19. The van der Waals surface area contributed by atoms with Crippen molar-refractivity contribution in [2.24, 2.45) is 0 Å². The Morgan fingerprint density at radius 1 is 1.31 bits per heavy atom. The standard InChI is InChI=1S/C13H20N2O/c1-2-8-14-12(4-1)7-11-16-10-3-9-15-13-5-6-13/h1-2,4,8,13,15H,3,5-7,9-11H2. The Morgan fingerprint density at radius 2 is 2.25 bits per heavy atom. The predicted molar refractivity (Wildman–Crippen MR) is 64.4 cm³/mol. The molecule has 3 nitrogen and oxygen atoms in total. The first-order valence-electron chi connectivity index (χ1n) is 6.16. The van der Waals surface area contributed by atoms with Gasteiger partial charge in [-0.15, -0.1) is 0 Å². The molecule has 0 aromatic carbocycles. The van der Waals surface area contributed by atoms with Crippen LogP contribution in [-0.2, 0) is 11.2 Å². The molecule has 0 aliphatic heterocycles. The molecule has 1 aromatic rings. The monoisotopic (exact) mass is 220 g/mol. The number of pyridine rings is 1. The minimum atomic E-state index is 0.778. The van der Waals surface area contributed by atoms with Gasteiger partial charge in [0.1, 0.15) is 0 Å². The van der Waals surface area contributed by atoms with Crippen molar-refractivity contribution in [3.63, 3.8) is 0 Å². The molecular weight excluding hydrogens is 200 g/mol. The predicted octanol–water partition coefficient (Wildman–Crippen LogP) is 1.78. The maximum absolute atomic E-state index is 5.56. The van der Waals surface area contributed by atoms with Crippen LogP contribution in [0.15, 0.2) is 24.4 Å². The van der Waals surface area contributed by atoms with Gasteiger partial charge in [0.25, 0.3) is 0 Å². The van der Waals surface area contributed by atoms with Crippen LogP contribution < -0.4 is 5.32 Å². The summed E-state index contributed by atoms with van der Waals surface area (Å²) >= 11 is 0. The molecule has 1 aliphatic rings. The average molecular weight is 220 g/mol. The fraction of sp³-hybridized carbons (Fsp3) is 0.615. The van der Waals surface area contributed by atoms with E-state index < -0.39 is 0 Å². The Hall–Kier alpha value is -0.930. The van der Waals surface area contributed by atoms with Crippen LogP contribution in [-0.4, -0.2) is 30.8 Å². The van der Waals surface area contributed by atoms with Gasteiger partial charge >= 0.3 is 0 Å². The zero-order chi connectivity index (χ0) is 11.1. The highest BCUT2D eigenvalue weighted by molar-refractivity contribution is 5.03. The van der Waals surface area contributed by atoms with E-state index >= 15 is 0 Å². The summed E-state index contributed by atoms with van der Waals surface area (Å²) in [7, 11) is 0. The van der Waals surface area contributed by atoms with E-state index in [0.717, 1.165) is 44.3 Å². The second-order valence-corrected chi connectivity index (χ2v) is 4.27. The summed E-state index contributed by atoms with van der Waals surface area (Å²) in [4.78, 5) is 4.25. The van der Waals surface area contributed by atoms with Gasteiger partial charge in [-0.2, -0.15) is 0 Å². The Kier molecular flexibility index (Phi) is 4.77. The van der Waals surface area contributed by atoms with Crippen LogP contribution in [0.4, 0.5) is 0 Å². The van der Waals surface area contributed by atoms with Crippen molar-refractivity contribution in [2.45, 2.75) is 31.7 Å². The van der Waals surface area contributed by atoms with E-state index in [-0.39, 0.29) is 0 Å². The molecule has 2 rings (SSSR count). The van der Waals surface area contributed by atoms with E-state index in [4.69, 9.17) is 4.74 Å². The topological polar surface area (TPSA) is 34.1 Å². The second-order valence-electron chi connectivity index (χ2n) is 4.27. The van der Waals surface area contributed by atoms with Gasteiger partial charge in [-0.1, -0.05) is 6.07 Å². The zero-order valence-corrected chi connectivity index (χ0v) is 9.69. The molecule has 1 heterocycles. The Labute approximate surface area is 97.2 Å². The number of nitrogens with zero attached hydrogens (tertiary/aromatic N) is 1. The summed E-state index contributed by atoms with van der Waals surface area (Å²) in [5.74, 6) is 0. The van der Waals surface area contributed by atoms with Crippen molar-refractivity contribution in [3.05, 3.63) is 30.1 Å². The lowest BCUT2D eigenvalue weighted by Gasteiger charge is -2.04. The number of hydrogen-bond donors (Lipinski definition) is 1. The molecule has 0 unspecified atom stereocenters. The van der Waals surface area contributed by atoms with Crippen molar-refractivity contribution < 1.29 is 4.74 Å². The molecule has 1 N–H and O–H groups in total. The molecule has 0 atom stereocenters. The Balaban J connectivity index is 1.42. The number of rotatable bonds is 8. The highest BCUT2D eigenvalue weighted by atomic mass is 16.5. The van der Waals surface area contributed by atoms with E-state index in [1.165, 1.54) is 12.8 Å². The summed E-state index contributed by atoms with van der Waals surface area (Å²) in [5, 5.41) is 3.47. The highest BCUT2D eigenvalue weighted by Gasteiger charge is 2.19. The Bertz CT molecular complexity index is 285. The van der Waals surface area contributed by atoms with Crippen LogP contribution >= 0.6 is 0 Å². The fourth-order valence-electron chi connectivity index (χ4n) is 1.59. The first kappa shape index (κ1) is 11.6. The van der Waals surface area contributed by atoms with Crippen molar-refractivity contribution in [1.29, 1.82) is 0 Å². The molecule has 1 saturated carbocycles. The van der Waals surface area contributed by atoms with Gasteiger partial charge in [0.15, 0.2) is 0 Å². The maximum atomic E-state index is 5.56. The molecule has 1 fully saturated rings. The van der Waals surface area contributed by atoms with Gasteiger partial charge in [-0.25, -0.2) is 0 Å². The van der Waals surface area contributed by atoms with E-state index in [2.05, 4.69) is 10.3 Å². The summed E-state index contributed by atoms with van der Waals surface area (Å²) < 4.78 is 5.56. The summed E-state index contributed by atoms with van der Waals surface area (Å²) in [5.41, 5.74) is 1.11. The van der Waals surface area contributed by atoms with E-state index in [9.17, 15) is 0 Å². The second kappa shape index (κ2) is 6.61. The number of hydrogen-bond acceptors (Lipinski definition) is 3. The molecule has 0 saturated heterocycles. The quantitative estimate of drug-likeness (QED) is 0.678. The number of nitrogens with one attached hydrogen (secondary N) is 1. The van der Waals surface area contributed by atoms with Crippen molar-refractivity contribution in [2.75, 3.05) is 19.8 Å². The number of aromatic nitrogens is 1. The molecule has 1 aliphatic carbocycles. The minimum absolute atomic E-state index is 0.778. The van der Waals surface area contributed by atoms with Crippen LogP contribution in [0.3, 0.4) is 0 Å². The fourth-order valence-corrected chi connectivity index (χ4v) is 1.59. The molecular formula is C13H20N2O. The van der Waals surface area contributed by atoms with Gasteiger partial charge in [0.05, 0.1) is 6.61 Å². The summed E-state index contributed by atoms with van der Waals surface area (Å²) in [6.45, 7) is 2.72. The minimum Gasteiger partial charge on any atom is -0.381 e. The third-order valence-electron chi connectivity index (χ3n) is 2.70. The number of ether oxygens (including phenoxy) is 1. The lowest BCUT2D eigenvalue weighted by molar-refractivity contribution is 0.134. The van der Waals surface area contributed by atoms with E-state index in [1.807, 2.05) is 24.4 Å². The van der Waals surface area contributed by atoms with Gasteiger partial charge in [-0.3, -0.25) is 4.98 Å². The first-order chi connectivity index (χ1) is 7.95. The summed E-state index contributed by atoms with van der Waals surface area (Å²) in [6.07, 6.45) is 6.57. The van der Waals surface area contributed by atoms with Gasteiger partial charge < -0.3 is 10.1 Å². The molecule has 0 bridgehead atoms. The zero-order valence-electron chi connectivity index (χ0n) is 9.69. The third kappa shape index (κ3) is 4.73. The van der Waals surface area contributed by atoms with Crippen LogP contribution in [0, 0.1) is 0 Å². The van der Waals surface area contributed by atoms with Crippen LogP contribution in [0.5, 0.6) is 0 Å². The smallest absolute Gasteiger partial charge is 0.0521 e. The molecule has 0 spiro atoms. The van der Waals surface area contributed by atoms with Crippen molar-refractivity contribution in [3.8, 4) is 0 Å². The van der Waals surface area contributed by atoms with Crippen LogP contribution in [0.2, 0.25) is 0 Å². The molecule has 88 valence electrons. The average Bonchev–Trinajstić information content (AvgIpc) is 3.13. The maximum Gasteiger partial charge on any atom is 0.0521 e. The molecule has 16 heavy (non-hydrogen) atoms. The largest absolute Gasteiger partial charge is 0.381 e. The highest BCUT2D eigenvalue weighted by Crippen LogP contribution is 2.18. The molecule has 0 amide bonds. The molecule has 0 radical (unpaired) electrons. The van der Waals surface area contributed by atoms with Crippen molar-refractivity contribution >= 4 is 0 Å². The Morgan fingerprint density at radius 3 is 3.00 bits per heavy atom.